The Balaban J connectivity index is 2.59. The maximum Gasteiger partial charge on any atom is 0.340 e. The van der Waals surface area contributed by atoms with Crippen LogP contribution in [0.5, 0.6) is 5.88 Å². The molecule has 0 atom stereocenters. The van der Waals surface area contributed by atoms with Crippen LogP contribution in [-0.2, 0) is 0 Å². The first-order valence-corrected chi connectivity index (χ1v) is 5.27. The Kier molecular flexibility index (Phi) is 5.25. The third-order valence-electron chi connectivity index (χ3n) is 2.06. The zero-order valence-electron chi connectivity index (χ0n) is 9.95. The summed E-state index contributed by atoms with van der Waals surface area (Å²) >= 11 is 0. The SMILES string of the molecule is N#CCNC(=O)c1ccc(OCC(F)(F)C(F)F)nc1. The average molecular weight is 291 g/mol. The molecule has 1 N–H and O–H groups in total. The van der Waals surface area contributed by atoms with Gasteiger partial charge in [0.15, 0.2) is 6.61 Å². The fraction of sp³-hybridized carbons (Fsp3) is 0.364. The third kappa shape index (κ3) is 4.38. The van der Waals surface area contributed by atoms with E-state index in [1.807, 2.05) is 0 Å². The molecule has 0 unspecified atom stereocenters. The molecule has 1 aromatic heterocycles. The Morgan fingerprint density at radius 3 is 2.70 bits per heavy atom. The number of alkyl halides is 4. The van der Waals surface area contributed by atoms with Crippen molar-refractivity contribution in [1.82, 2.24) is 10.3 Å². The molecule has 0 radical (unpaired) electrons. The highest BCUT2D eigenvalue weighted by molar-refractivity contribution is 5.94. The van der Waals surface area contributed by atoms with E-state index in [4.69, 9.17) is 5.26 Å². The summed E-state index contributed by atoms with van der Waals surface area (Å²) in [4.78, 5) is 14.9. The molecule has 1 aromatic rings. The van der Waals surface area contributed by atoms with Gasteiger partial charge >= 0.3 is 12.3 Å². The molecular weight excluding hydrogens is 282 g/mol. The highest BCUT2D eigenvalue weighted by atomic mass is 19.3. The minimum Gasteiger partial charge on any atom is -0.471 e. The van der Waals surface area contributed by atoms with Gasteiger partial charge in [-0.05, 0) is 6.07 Å². The average Bonchev–Trinajstić information content (AvgIpc) is 2.43. The first kappa shape index (κ1) is 15.7. The van der Waals surface area contributed by atoms with Gasteiger partial charge in [-0.3, -0.25) is 4.79 Å². The number of carbonyl (C=O) groups is 1. The standard InChI is InChI=1S/C11H9F4N3O2/c12-10(13)11(14,15)6-20-8-2-1-7(5-18-8)9(19)17-4-3-16/h1-2,5,10H,4,6H2,(H,17,19). The number of rotatable bonds is 6. The lowest BCUT2D eigenvalue weighted by Gasteiger charge is -2.15. The largest absolute Gasteiger partial charge is 0.471 e. The Labute approximate surface area is 111 Å². The van der Waals surface area contributed by atoms with Crippen molar-refractivity contribution in [3.8, 4) is 11.9 Å². The van der Waals surface area contributed by atoms with Gasteiger partial charge in [0.1, 0.15) is 6.54 Å². The van der Waals surface area contributed by atoms with E-state index in [1.54, 1.807) is 6.07 Å². The summed E-state index contributed by atoms with van der Waals surface area (Å²) in [6, 6.07) is 3.99. The quantitative estimate of drug-likeness (QED) is 0.638. The number of nitrogens with zero attached hydrogens (tertiary/aromatic N) is 2. The number of nitriles is 1. The second kappa shape index (κ2) is 6.70. The van der Waals surface area contributed by atoms with E-state index in [2.05, 4.69) is 15.0 Å². The predicted octanol–water partition coefficient (Wildman–Crippen LogP) is 1.61. The van der Waals surface area contributed by atoms with Crippen molar-refractivity contribution in [2.24, 2.45) is 0 Å². The number of hydrogen-bond acceptors (Lipinski definition) is 4. The molecule has 0 bridgehead atoms. The van der Waals surface area contributed by atoms with Crippen LogP contribution in [0.2, 0.25) is 0 Å². The molecule has 0 saturated carbocycles. The van der Waals surface area contributed by atoms with Crippen LogP contribution >= 0.6 is 0 Å². The van der Waals surface area contributed by atoms with Crippen LogP contribution in [0.15, 0.2) is 18.3 Å². The summed E-state index contributed by atoms with van der Waals surface area (Å²) < 4.78 is 53.3. The van der Waals surface area contributed by atoms with E-state index < -0.39 is 24.9 Å². The lowest BCUT2D eigenvalue weighted by molar-refractivity contribution is -0.148. The molecule has 1 heterocycles. The van der Waals surface area contributed by atoms with E-state index >= 15 is 0 Å². The zero-order valence-corrected chi connectivity index (χ0v) is 9.95. The smallest absolute Gasteiger partial charge is 0.340 e. The Hall–Kier alpha value is -2.37. The molecule has 108 valence electrons. The van der Waals surface area contributed by atoms with Crippen molar-refractivity contribution in [1.29, 1.82) is 5.26 Å². The summed E-state index contributed by atoms with van der Waals surface area (Å²) in [5.74, 6) is -5.17. The van der Waals surface area contributed by atoms with E-state index in [-0.39, 0.29) is 18.0 Å². The van der Waals surface area contributed by atoms with Crippen molar-refractivity contribution in [2.45, 2.75) is 12.3 Å². The molecular formula is C11H9F4N3O2. The third-order valence-corrected chi connectivity index (χ3v) is 2.06. The van der Waals surface area contributed by atoms with Crippen LogP contribution in [0.25, 0.3) is 0 Å². The van der Waals surface area contributed by atoms with Crippen molar-refractivity contribution in [2.75, 3.05) is 13.2 Å². The normalized spacial score (nSPS) is 11.0. The Morgan fingerprint density at radius 1 is 1.50 bits per heavy atom. The zero-order chi connectivity index (χ0) is 15.2. The second-order valence-corrected chi connectivity index (χ2v) is 3.58. The van der Waals surface area contributed by atoms with Gasteiger partial charge in [0.25, 0.3) is 5.91 Å². The minimum absolute atomic E-state index is 0.0771. The molecule has 0 aromatic carbocycles. The number of pyridine rings is 1. The number of ether oxygens (including phenoxy) is 1. The summed E-state index contributed by atoms with van der Waals surface area (Å²) in [5, 5.41) is 10.5. The molecule has 5 nitrogen and oxygen atoms in total. The summed E-state index contributed by atoms with van der Waals surface area (Å²) in [6.45, 7) is -1.71. The van der Waals surface area contributed by atoms with Crippen LogP contribution in [0.3, 0.4) is 0 Å². The minimum atomic E-state index is -4.27. The van der Waals surface area contributed by atoms with Crippen LogP contribution < -0.4 is 10.1 Å². The Morgan fingerprint density at radius 2 is 2.20 bits per heavy atom. The molecule has 0 fully saturated rings. The van der Waals surface area contributed by atoms with Crippen molar-refractivity contribution in [3.05, 3.63) is 23.9 Å². The van der Waals surface area contributed by atoms with E-state index in [1.165, 1.54) is 6.07 Å². The fourth-order valence-electron chi connectivity index (χ4n) is 1.06. The number of carbonyl (C=O) groups excluding carboxylic acids is 1. The highest BCUT2D eigenvalue weighted by Crippen LogP contribution is 2.23. The van der Waals surface area contributed by atoms with Crippen LogP contribution in [0.1, 0.15) is 10.4 Å². The monoisotopic (exact) mass is 291 g/mol. The Bertz CT molecular complexity index is 499. The highest BCUT2D eigenvalue weighted by Gasteiger charge is 2.41. The number of halogens is 4. The fourth-order valence-corrected chi connectivity index (χ4v) is 1.06. The number of nitrogens with one attached hydrogen (secondary N) is 1. The maximum atomic E-state index is 12.6. The first-order chi connectivity index (χ1) is 9.36. The lowest BCUT2D eigenvalue weighted by Crippen LogP contribution is -2.33. The van der Waals surface area contributed by atoms with Gasteiger partial charge in [-0.1, -0.05) is 0 Å². The number of hydrogen-bond donors (Lipinski definition) is 1. The molecule has 0 saturated heterocycles. The molecule has 1 rings (SSSR count). The molecule has 0 aliphatic heterocycles. The first-order valence-electron chi connectivity index (χ1n) is 5.27. The molecule has 9 heteroatoms. The van der Waals surface area contributed by atoms with Crippen LogP contribution in [0, 0.1) is 11.3 Å². The molecule has 0 aliphatic carbocycles. The maximum absolute atomic E-state index is 12.6. The number of aromatic nitrogens is 1. The topological polar surface area (TPSA) is 75.0 Å². The predicted molar refractivity (Wildman–Crippen MR) is 58.6 cm³/mol. The summed E-state index contributed by atoms with van der Waals surface area (Å²) in [5.41, 5.74) is 0.0771. The van der Waals surface area contributed by atoms with Gasteiger partial charge in [0.05, 0.1) is 11.6 Å². The van der Waals surface area contributed by atoms with E-state index in [0.29, 0.717) is 0 Å². The van der Waals surface area contributed by atoms with Gasteiger partial charge in [-0.25, -0.2) is 13.8 Å². The van der Waals surface area contributed by atoms with Gasteiger partial charge in [-0.2, -0.15) is 14.0 Å². The van der Waals surface area contributed by atoms with E-state index in [9.17, 15) is 22.4 Å². The molecule has 0 aliphatic rings. The lowest BCUT2D eigenvalue weighted by atomic mass is 10.2. The van der Waals surface area contributed by atoms with Crippen LogP contribution in [0.4, 0.5) is 17.6 Å². The molecule has 1 amide bonds. The van der Waals surface area contributed by atoms with Crippen LogP contribution in [-0.4, -0.2) is 36.4 Å². The second-order valence-electron chi connectivity index (χ2n) is 3.58. The molecule has 20 heavy (non-hydrogen) atoms. The summed E-state index contributed by atoms with van der Waals surface area (Å²) in [7, 11) is 0. The number of amides is 1. The molecule has 0 spiro atoms. The van der Waals surface area contributed by atoms with Crippen molar-refractivity contribution >= 4 is 5.91 Å². The van der Waals surface area contributed by atoms with Gasteiger partial charge in [0, 0.05) is 12.3 Å². The van der Waals surface area contributed by atoms with E-state index in [0.717, 1.165) is 12.3 Å². The van der Waals surface area contributed by atoms with Gasteiger partial charge in [0.2, 0.25) is 5.88 Å². The summed E-state index contributed by atoms with van der Waals surface area (Å²) in [6.07, 6.45) is -2.82. The van der Waals surface area contributed by atoms with Crippen molar-refractivity contribution < 1.29 is 27.1 Å². The van der Waals surface area contributed by atoms with Gasteiger partial charge < -0.3 is 10.1 Å². The van der Waals surface area contributed by atoms with Crippen molar-refractivity contribution in [3.63, 3.8) is 0 Å². The van der Waals surface area contributed by atoms with Gasteiger partial charge in [-0.15, -0.1) is 0 Å².